The van der Waals surface area contributed by atoms with E-state index < -0.39 is 0 Å². The van der Waals surface area contributed by atoms with E-state index in [1.54, 1.807) is 13.3 Å². The zero-order valence-electron chi connectivity index (χ0n) is 14.6. The topological polar surface area (TPSA) is 56.6 Å². The van der Waals surface area contributed by atoms with Crippen LogP contribution in [0.5, 0.6) is 11.5 Å². The number of hydrogen-bond donors (Lipinski definition) is 0. The summed E-state index contributed by atoms with van der Waals surface area (Å²) in [5.41, 5.74) is 0. The normalized spacial score (nSPS) is 17.3. The molecule has 0 radical (unpaired) electrons. The third kappa shape index (κ3) is 4.53. The van der Waals surface area contributed by atoms with Crippen LogP contribution in [0.4, 0.5) is 0 Å². The van der Waals surface area contributed by atoms with Gasteiger partial charge in [0.15, 0.2) is 11.5 Å². The SMILES string of the molecule is COc1ccccc1OCCC(=O)N1CCCC[C@@H]1Cn1cccn1. The molecule has 1 aromatic carbocycles. The first-order chi connectivity index (χ1) is 12.3. The Morgan fingerprint density at radius 2 is 2.08 bits per heavy atom. The molecule has 1 aliphatic heterocycles. The molecule has 1 aliphatic rings. The van der Waals surface area contributed by atoms with Gasteiger partial charge in [0.05, 0.1) is 32.7 Å². The first-order valence-electron chi connectivity index (χ1n) is 8.80. The first-order valence-corrected chi connectivity index (χ1v) is 8.80. The molecule has 1 saturated heterocycles. The molecule has 3 rings (SSSR count). The van der Waals surface area contributed by atoms with Crippen LogP contribution in [0.25, 0.3) is 0 Å². The fourth-order valence-electron chi connectivity index (χ4n) is 3.27. The molecule has 0 saturated carbocycles. The highest BCUT2D eigenvalue weighted by molar-refractivity contribution is 5.76. The van der Waals surface area contributed by atoms with E-state index in [-0.39, 0.29) is 11.9 Å². The number of aromatic nitrogens is 2. The Morgan fingerprint density at radius 1 is 1.24 bits per heavy atom. The summed E-state index contributed by atoms with van der Waals surface area (Å²) in [6.07, 6.45) is 7.34. The van der Waals surface area contributed by atoms with E-state index in [2.05, 4.69) is 5.10 Å². The van der Waals surface area contributed by atoms with Gasteiger partial charge in [-0.3, -0.25) is 9.48 Å². The zero-order chi connectivity index (χ0) is 17.5. The number of likely N-dealkylation sites (tertiary alicyclic amines) is 1. The van der Waals surface area contributed by atoms with Gasteiger partial charge in [0.25, 0.3) is 0 Å². The molecule has 0 bridgehead atoms. The van der Waals surface area contributed by atoms with Crippen LogP contribution in [-0.2, 0) is 11.3 Å². The van der Waals surface area contributed by atoms with E-state index in [1.165, 1.54) is 0 Å². The summed E-state index contributed by atoms with van der Waals surface area (Å²) in [6.45, 7) is 1.93. The van der Waals surface area contributed by atoms with Gasteiger partial charge in [-0.25, -0.2) is 0 Å². The Kier molecular flexibility index (Phi) is 5.93. The molecule has 6 heteroatoms. The molecule has 2 aromatic rings. The molecule has 25 heavy (non-hydrogen) atoms. The summed E-state index contributed by atoms with van der Waals surface area (Å²) < 4.78 is 12.9. The smallest absolute Gasteiger partial charge is 0.226 e. The Hall–Kier alpha value is -2.50. The number of piperidine rings is 1. The van der Waals surface area contributed by atoms with Crippen LogP contribution in [0.1, 0.15) is 25.7 Å². The molecule has 0 N–H and O–H groups in total. The second-order valence-corrected chi connectivity index (χ2v) is 6.21. The quantitative estimate of drug-likeness (QED) is 0.776. The van der Waals surface area contributed by atoms with Gasteiger partial charge in [0.1, 0.15) is 0 Å². The van der Waals surface area contributed by atoms with Crippen molar-refractivity contribution in [1.29, 1.82) is 0 Å². The maximum atomic E-state index is 12.7. The number of nitrogens with zero attached hydrogens (tertiary/aromatic N) is 3. The van der Waals surface area contributed by atoms with Gasteiger partial charge in [0.2, 0.25) is 5.91 Å². The van der Waals surface area contributed by atoms with Crippen LogP contribution in [0, 0.1) is 0 Å². The lowest BCUT2D eigenvalue weighted by Gasteiger charge is -2.35. The molecular formula is C19H25N3O3. The number of ether oxygens (including phenoxy) is 2. The molecule has 1 aromatic heterocycles. The van der Waals surface area contributed by atoms with E-state index in [9.17, 15) is 4.79 Å². The molecule has 1 atom stereocenters. The van der Waals surface area contributed by atoms with Crippen LogP contribution in [0.15, 0.2) is 42.7 Å². The lowest BCUT2D eigenvalue weighted by Crippen LogP contribution is -2.46. The third-order valence-corrected chi connectivity index (χ3v) is 4.55. The molecule has 0 spiro atoms. The Labute approximate surface area is 148 Å². The summed E-state index contributed by atoms with van der Waals surface area (Å²) in [7, 11) is 1.61. The van der Waals surface area contributed by atoms with Crippen molar-refractivity contribution in [3.8, 4) is 11.5 Å². The summed E-state index contributed by atoms with van der Waals surface area (Å²) in [5.74, 6) is 1.50. The number of hydrogen-bond acceptors (Lipinski definition) is 4. The number of para-hydroxylation sites is 2. The molecule has 1 amide bonds. The van der Waals surface area contributed by atoms with Crippen molar-refractivity contribution in [2.24, 2.45) is 0 Å². The number of benzene rings is 1. The zero-order valence-corrected chi connectivity index (χ0v) is 14.6. The Bertz CT molecular complexity index is 672. The second kappa shape index (κ2) is 8.55. The number of carbonyl (C=O) groups excluding carboxylic acids is 1. The third-order valence-electron chi connectivity index (χ3n) is 4.55. The highest BCUT2D eigenvalue weighted by atomic mass is 16.5. The molecular weight excluding hydrogens is 318 g/mol. The van der Waals surface area contributed by atoms with Crippen LogP contribution in [0.3, 0.4) is 0 Å². The fraction of sp³-hybridized carbons (Fsp3) is 0.474. The molecule has 0 unspecified atom stereocenters. The summed E-state index contributed by atoms with van der Waals surface area (Å²) in [5, 5.41) is 4.27. The van der Waals surface area contributed by atoms with Gasteiger partial charge in [-0.2, -0.15) is 5.10 Å². The van der Waals surface area contributed by atoms with E-state index in [1.807, 2.05) is 46.1 Å². The van der Waals surface area contributed by atoms with E-state index >= 15 is 0 Å². The van der Waals surface area contributed by atoms with Gasteiger partial charge in [0, 0.05) is 18.9 Å². The molecule has 2 heterocycles. The lowest BCUT2D eigenvalue weighted by atomic mass is 10.0. The minimum absolute atomic E-state index is 0.145. The van der Waals surface area contributed by atoms with Crippen molar-refractivity contribution in [3.63, 3.8) is 0 Å². The van der Waals surface area contributed by atoms with Gasteiger partial charge in [-0.15, -0.1) is 0 Å². The fourth-order valence-corrected chi connectivity index (χ4v) is 3.27. The molecule has 134 valence electrons. The Balaban J connectivity index is 1.53. The van der Waals surface area contributed by atoms with Crippen molar-refractivity contribution in [3.05, 3.63) is 42.7 Å². The summed E-state index contributed by atoms with van der Waals surface area (Å²) in [6, 6.07) is 9.62. The standard InChI is InChI=1S/C19H25N3O3/c1-24-17-8-2-3-9-18(17)25-14-10-19(23)22-13-5-4-7-16(22)15-21-12-6-11-20-21/h2-3,6,8-9,11-12,16H,4-5,7,10,13-15H2,1H3/t16-/m1/s1. The molecule has 6 nitrogen and oxygen atoms in total. The summed E-state index contributed by atoms with van der Waals surface area (Å²) in [4.78, 5) is 14.7. The van der Waals surface area contributed by atoms with Gasteiger partial charge in [-0.1, -0.05) is 12.1 Å². The van der Waals surface area contributed by atoms with Crippen molar-refractivity contribution in [2.75, 3.05) is 20.3 Å². The Morgan fingerprint density at radius 3 is 2.84 bits per heavy atom. The van der Waals surface area contributed by atoms with E-state index in [0.717, 1.165) is 32.4 Å². The van der Waals surface area contributed by atoms with E-state index in [0.29, 0.717) is 24.5 Å². The number of amides is 1. The van der Waals surface area contributed by atoms with Crippen molar-refractivity contribution >= 4 is 5.91 Å². The van der Waals surface area contributed by atoms with Crippen LogP contribution < -0.4 is 9.47 Å². The average molecular weight is 343 g/mol. The van der Waals surface area contributed by atoms with Gasteiger partial charge in [-0.05, 0) is 37.5 Å². The van der Waals surface area contributed by atoms with Crippen molar-refractivity contribution < 1.29 is 14.3 Å². The second-order valence-electron chi connectivity index (χ2n) is 6.21. The van der Waals surface area contributed by atoms with Crippen LogP contribution >= 0.6 is 0 Å². The largest absolute Gasteiger partial charge is 0.493 e. The monoisotopic (exact) mass is 343 g/mol. The molecule has 1 fully saturated rings. The number of rotatable bonds is 7. The first kappa shape index (κ1) is 17.3. The van der Waals surface area contributed by atoms with Crippen molar-refractivity contribution in [1.82, 2.24) is 14.7 Å². The maximum Gasteiger partial charge on any atom is 0.226 e. The summed E-state index contributed by atoms with van der Waals surface area (Å²) >= 11 is 0. The van der Waals surface area contributed by atoms with Crippen LogP contribution in [-0.4, -0.2) is 46.9 Å². The highest BCUT2D eigenvalue weighted by Crippen LogP contribution is 2.26. The minimum atomic E-state index is 0.145. The van der Waals surface area contributed by atoms with Gasteiger partial charge < -0.3 is 14.4 Å². The number of methoxy groups -OCH3 is 1. The minimum Gasteiger partial charge on any atom is -0.493 e. The van der Waals surface area contributed by atoms with Crippen LogP contribution in [0.2, 0.25) is 0 Å². The predicted octanol–water partition coefficient (Wildman–Crippen LogP) is 2.74. The van der Waals surface area contributed by atoms with Crippen molar-refractivity contribution in [2.45, 2.75) is 38.3 Å². The van der Waals surface area contributed by atoms with E-state index in [4.69, 9.17) is 9.47 Å². The number of carbonyl (C=O) groups is 1. The maximum absolute atomic E-state index is 12.7. The molecule has 0 aliphatic carbocycles. The average Bonchev–Trinajstić information content (AvgIpc) is 3.15. The predicted molar refractivity (Wildman–Crippen MR) is 94.7 cm³/mol. The highest BCUT2D eigenvalue weighted by Gasteiger charge is 2.26. The lowest BCUT2D eigenvalue weighted by molar-refractivity contribution is -0.135. The van der Waals surface area contributed by atoms with Gasteiger partial charge >= 0.3 is 0 Å².